The average molecular weight is 349 g/mol. The van der Waals surface area contributed by atoms with E-state index < -0.39 is 11.7 Å². The minimum atomic E-state index is -0.599. The van der Waals surface area contributed by atoms with E-state index in [0.29, 0.717) is 11.3 Å². The number of ketones is 1. The zero-order valence-electron chi connectivity index (χ0n) is 14.2. The van der Waals surface area contributed by atoms with E-state index in [1.54, 1.807) is 6.92 Å². The van der Waals surface area contributed by atoms with Crippen LogP contribution in [0.2, 0.25) is 0 Å². The molecule has 2 rings (SSSR count). The Labute approximate surface area is 143 Å². The average Bonchev–Trinajstić information content (AvgIpc) is 2.79. The second kappa shape index (κ2) is 7.04. The molecule has 24 heavy (non-hydrogen) atoms. The molecule has 0 saturated heterocycles. The highest BCUT2D eigenvalue weighted by atomic mass is 32.2. The van der Waals surface area contributed by atoms with Crippen LogP contribution in [-0.2, 0) is 11.8 Å². The first kappa shape index (κ1) is 18.0. The van der Waals surface area contributed by atoms with E-state index in [1.165, 1.54) is 7.11 Å². The van der Waals surface area contributed by atoms with Crippen molar-refractivity contribution < 1.29 is 14.3 Å². The van der Waals surface area contributed by atoms with E-state index >= 15 is 0 Å². The van der Waals surface area contributed by atoms with Gasteiger partial charge in [-0.1, -0.05) is 11.8 Å². The molecular weight excluding hydrogens is 330 g/mol. The van der Waals surface area contributed by atoms with Crippen LogP contribution < -0.4 is 5.69 Å². The molecule has 128 valence electrons. The molecule has 1 N–H and O–H groups in total. The number of carbonyl (C=O) groups is 2. The van der Waals surface area contributed by atoms with Gasteiger partial charge in [0.1, 0.15) is 10.6 Å². The number of ether oxygens (including phenoxy) is 1. The minimum absolute atomic E-state index is 0.0736. The number of nitrogens with one attached hydrogen (secondary N) is 1. The van der Waals surface area contributed by atoms with E-state index in [9.17, 15) is 14.4 Å². The zero-order chi connectivity index (χ0) is 18.0. The predicted molar refractivity (Wildman–Crippen MR) is 90.9 cm³/mol. The number of hydrogen-bond donors (Lipinski definition) is 1. The molecule has 0 atom stereocenters. The van der Waals surface area contributed by atoms with Crippen molar-refractivity contribution in [1.82, 2.24) is 14.5 Å². The Bertz CT molecular complexity index is 867. The second-order valence-electron chi connectivity index (χ2n) is 5.39. The fourth-order valence-corrected chi connectivity index (χ4v) is 3.31. The van der Waals surface area contributed by atoms with Gasteiger partial charge < -0.3 is 14.3 Å². The van der Waals surface area contributed by atoms with Crippen LogP contribution in [0.3, 0.4) is 0 Å². The molecule has 0 fully saturated rings. The van der Waals surface area contributed by atoms with Gasteiger partial charge in [-0.15, -0.1) is 0 Å². The van der Waals surface area contributed by atoms with Crippen LogP contribution in [0, 0.1) is 20.8 Å². The normalized spacial score (nSPS) is 10.7. The molecule has 0 bridgehead atoms. The third kappa shape index (κ3) is 3.43. The number of thioether (sulfide) groups is 1. The molecule has 8 heteroatoms. The molecular formula is C16H19N3O4S. The summed E-state index contributed by atoms with van der Waals surface area (Å²) < 4.78 is 6.66. The summed E-state index contributed by atoms with van der Waals surface area (Å²) in [5.41, 5.74) is 2.47. The third-order valence-electron chi connectivity index (χ3n) is 3.89. The summed E-state index contributed by atoms with van der Waals surface area (Å²) in [4.78, 5) is 42.2. The van der Waals surface area contributed by atoms with Crippen molar-refractivity contribution in [2.75, 3.05) is 12.9 Å². The number of H-pyrrole nitrogens is 1. The van der Waals surface area contributed by atoms with Gasteiger partial charge in [0.25, 0.3) is 0 Å². The lowest BCUT2D eigenvalue weighted by Gasteiger charge is -2.08. The van der Waals surface area contributed by atoms with Gasteiger partial charge in [0.2, 0.25) is 0 Å². The van der Waals surface area contributed by atoms with Crippen LogP contribution in [0.15, 0.2) is 15.9 Å². The highest BCUT2D eigenvalue weighted by molar-refractivity contribution is 8.00. The lowest BCUT2D eigenvalue weighted by atomic mass is 10.2. The summed E-state index contributed by atoms with van der Waals surface area (Å²) in [6.07, 6.45) is 0. The van der Waals surface area contributed by atoms with E-state index in [1.807, 2.05) is 31.5 Å². The summed E-state index contributed by atoms with van der Waals surface area (Å²) in [6, 6.07) is 1.83. The highest BCUT2D eigenvalue weighted by Crippen LogP contribution is 2.24. The molecule has 0 aliphatic carbocycles. The molecule has 0 aliphatic heterocycles. The molecule has 0 spiro atoms. The Kier molecular flexibility index (Phi) is 5.28. The number of Topliss-reactive ketones (excluding diaryl/α,β-unsaturated/α-hetero) is 1. The number of rotatable bonds is 5. The standard InChI is InChI=1S/C16H19N3O4S/c1-8-6-11(10(3)19(8)4)12(20)7-24-14-13(15(21)23-5)9(2)17-16(22)18-14/h6H,7H2,1-5H3,(H,17,18,22). The van der Waals surface area contributed by atoms with Gasteiger partial charge in [-0.2, -0.15) is 4.98 Å². The monoisotopic (exact) mass is 349 g/mol. The number of hydrogen-bond acceptors (Lipinski definition) is 6. The number of aromatic amines is 1. The molecule has 7 nitrogen and oxygen atoms in total. The fraction of sp³-hybridized carbons (Fsp3) is 0.375. The first-order chi connectivity index (χ1) is 11.3. The van der Waals surface area contributed by atoms with Crippen LogP contribution >= 0.6 is 11.8 Å². The molecule has 0 unspecified atom stereocenters. The summed E-state index contributed by atoms with van der Waals surface area (Å²) in [7, 11) is 3.15. The largest absolute Gasteiger partial charge is 0.465 e. The molecule has 0 saturated carbocycles. The minimum Gasteiger partial charge on any atom is -0.465 e. The maximum absolute atomic E-state index is 12.5. The predicted octanol–water partition coefficient (Wildman–Crippen LogP) is 1.80. The van der Waals surface area contributed by atoms with Crippen LogP contribution in [0.5, 0.6) is 0 Å². The first-order valence-corrected chi connectivity index (χ1v) is 8.23. The maximum Gasteiger partial charge on any atom is 0.346 e. The Morgan fingerprint density at radius 2 is 2.00 bits per heavy atom. The summed E-state index contributed by atoms with van der Waals surface area (Å²) in [6.45, 7) is 5.39. The van der Waals surface area contributed by atoms with Crippen LogP contribution in [0.1, 0.15) is 37.8 Å². The van der Waals surface area contributed by atoms with Crippen LogP contribution in [-0.4, -0.2) is 39.2 Å². The SMILES string of the molecule is COC(=O)c1c(SCC(=O)c2cc(C)n(C)c2C)nc(=O)[nH]c1C. The van der Waals surface area contributed by atoms with E-state index in [2.05, 4.69) is 9.97 Å². The molecule has 0 aromatic carbocycles. The topological polar surface area (TPSA) is 94.1 Å². The van der Waals surface area contributed by atoms with Crippen molar-refractivity contribution in [1.29, 1.82) is 0 Å². The smallest absolute Gasteiger partial charge is 0.346 e. The van der Waals surface area contributed by atoms with Gasteiger partial charge in [-0.3, -0.25) is 4.79 Å². The molecule has 2 aromatic heterocycles. The van der Waals surface area contributed by atoms with Gasteiger partial charge in [-0.05, 0) is 26.8 Å². The van der Waals surface area contributed by atoms with E-state index in [-0.39, 0.29) is 22.1 Å². The third-order valence-corrected chi connectivity index (χ3v) is 4.87. The number of aromatic nitrogens is 3. The Hall–Kier alpha value is -2.35. The van der Waals surface area contributed by atoms with Crippen molar-refractivity contribution in [2.24, 2.45) is 7.05 Å². The summed E-state index contributed by atoms with van der Waals surface area (Å²) >= 11 is 1.06. The van der Waals surface area contributed by atoms with Gasteiger partial charge in [0.15, 0.2) is 5.78 Å². The number of carbonyl (C=O) groups excluding carboxylic acids is 2. The molecule has 0 radical (unpaired) electrons. The van der Waals surface area contributed by atoms with Crippen molar-refractivity contribution in [3.63, 3.8) is 0 Å². The molecule has 0 aliphatic rings. The van der Waals surface area contributed by atoms with E-state index in [4.69, 9.17) is 4.74 Å². The highest BCUT2D eigenvalue weighted by Gasteiger charge is 2.21. The number of aryl methyl sites for hydroxylation is 2. The number of nitrogens with zero attached hydrogens (tertiary/aromatic N) is 2. The van der Waals surface area contributed by atoms with Gasteiger partial charge >= 0.3 is 11.7 Å². The molecule has 2 aromatic rings. The lowest BCUT2D eigenvalue weighted by Crippen LogP contribution is -2.19. The van der Waals surface area contributed by atoms with Crippen molar-refractivity contribution in [2.45, 2.75) is 25.8 Å². The van der Waals surface area contributed by atoms with Crippen molar-refractivity contribution in [3.8, 4) is 0 Å². The van der Waals surface area contributed by atoms with Gasteiger partial charge in [0, 0.05) is 29.7 Å². The number of methoxy groups -OCH3 is 1. The van der Waals surface area contributed by atoms with Crippen LogP contribution in [0.25, 0.3) is 0 Å². The molecule has 0 amide bonds. The van der Waals surface area contributed by atoms with Gasteiger partial charge in [-0.25, -0.2) is 9.59 Å². The maximum atomic E-state index is 12.5. The summed E-state index contributed by atoms with van der Waals surface area (Å²) in [5, 5.41) is 0.196. The lowest BCUT2D eigenvalue weighted by molar-refractivity contribution is 0.0594. The fourth-order valence-electron chi connectivity index (χ4n) is 2.36. The van der Waals surface area contributed by atoms with E-state index in [0.717, 1.165) is 23.1 Å². The quantitative estimate of drug-likeness (QED) is 0.383. The Balaban J connectivity index is 2.29. The van der Waals surface area contributed by atoms with Crippen LogP contribution in [0.4, 0.5) is 0 Å². The van der Waals surface area contributed by atoms with Crippen molar-refractivity contribution >= 4 is 23.5 Å². The first-order valence-electron chi connectivity index (χ1n) is 7.24. The zero-order valence-corrected chi connectivity index (χ0v) is 15.0. The summed E-state index contributed by atoms with van der Waals surface area (Å²) in [5.74, 6) is -0.612. The Morgan fingerprint density at radius 3 is 2.54 bits per heavy atom. The van der Waals surface area contributed by atoms with Gasteiger partial charge in [0.05, 0.1) is 12.9 Å². The molecule has 2 heterocycles. The Morgan fingerprint density at radius 1 is 1.33 bits per heavy atom. The number of esters is 1. The van der Waals surface area contributed by atoms with Crippen molar-refractivity contribution in [3.05, 3.63) is 44.8 Å². The second-order valence-corrected chi connectivity index (χ2v) is 6.36.